The molecule has 0 bridgehead atoms. The number of rotatable bonds is 1. The summed E-state index contributed by atoms with van der Waals surface area (Å²) >= 11 is 16.4. The highest BCUT2D eigenvalue weighted by Gasteiger charge is 2.08. The van der Waals surface area contributed by atoms with Gasteiger partial charge in [-0.05, 0) is 6.07 Å². The first-order valence-corrected chi connectivity index (χ1v) is 4.14. The number of hydrogen-bond acceptors (Lipinski definition) is 0. The second-order valence-electron chi connectivity index (χ2n) is 1.97. The Bertz CT molecular complexity index is 273. The minimum atomic E-state index is -0.533. The normalized spacial score (nSPS) is 10.2. The minimum absolute atomic E-state index is 0.0650. The zero-order chi connectivity index (χ0) is 8.43. The zero-order valence-electron chi connectivity index (χ0n) is 5.37. The lowest BCUT2D eigenvalue weighted by Gasteiger charge is -2.01. The summed E-state index contributed by atoms with van der Waals surface area (Å²) in [5, 5.41) is 0.142. The summed E-state index contributed by atoms with van der Waals surface area (Å²) in [5.74, 6) is -0.433. The number of hydrogen-bond donors (Lipinski definition) is 0. The smallest absolute Gasteiger partial charge is 0.147 e. The van der Waals surface area contributed by atoms with Crippen LogP contribution in [0.25, 0.3) is 0 Å². The van der Waals surface area contributed by atoms with Crippen molar-refractivity contribution in [1.82, 2.24) is 0 Å². The molecular formula is C7H4Cl3F. The highest BCUT2D eigenvalue weighted by Crippen LogP contribution is 2.27. The van der Waals surface area contributed by atoms with Crippen molar-refractivity contribution in [1.29, 1.82) is 0 Å². The molecule has 0 heterocycles. The summed E-state index contributed by atoms with van der Waals surface area (Å²) in [7, 11) is 0. The third-order valence-electron chi connectivity index (χ3n) is 1.26. The molecule has 1 aromatic rings. The van der Waals surface area contributed by atoms with E-state index >= 15 is 0 Å². The number of benzene rings is 1. The lowest BCUT2D eigenvalue weighted by atomic mass is 10.2. The van der Waals surface area contributed by atoms with Crippen LogP contribution in [0.2, 0.25) is 10.0 Å². The van der Waals surface area contributed by atoms with Crippen molar-refractivity contribution < 1.29 is 4.39 Å². The van der Waals surface area contributed by atoms with Gasteiger partial charge in [0.15, 0.2) is 0 Å². The van der Waals surface area contributed by atoms with Crippen LogP contribution in [-0.2, 0) is 5.88 Å². The Balaban J connectivity index is 3.25. The molecule has 0 aromatic heterocycles. The predicted octanol–water partition coefficient (Wildman–Crippen LogP) is 3.87. The Morgan fingerprint density at radius 3 is 2.45 bits per heavy atom. The molecule has 0 saturated carbocycles. The lowest BCUT2D eigenvalue weighted by molar-refractivity contribution is 0.617. The van der Waals surface area contributed by atoms with Crippen molar-refractivity contribution in [3.05, 3.63) is 33.6 Å². The molecule has 0 aliphatic carbocycles. The van der Waals surface area contributed by atoms with E-state index in [1.807, 2.05) is 0 Å². The van der Waals surface area contributed by atoms with E-state index in [1.165, 1.54) is 12.1 Å². The van der Waals surface area contributed by atoms with E-state index in [4.69, 9.17) is 34.8 Å². The Morgan fingerprint density at radius 1 is 1.27 bits per heavy atom. The highest BCUT2D eigenvalue weighted by atomic mass is 35.5. The van der Waals surface area contributed by atoms with E-state index in [0.29, 0.717) is 5.56 Å². The van der Waals surface area contributed by atoms with Crippen molar-refractivity contribution in [3.8, 4) is 0 Å². The van der Waals surface area contributed by atoms with Crippen LogP contribution < -0.4 is 0 Å². The van der Waals surface area contributed by atoms with Crippen molar-refractivity contribution in [2.75, 3.05) is 0 Å². The summed E-state index contributed by atoms with van der Waals surface area (Å²) < 4.78 is 13.0. The molecule has 0 radical (unpaired) electrons. The molecule has 11 heavy (non-hydrogen) atoms. The molecule has 0 atom stereocenters. The molecule has 0 spiro atoms. The van der Waals surface area contributed by atoms with E-state index in [-0.39, 0.29) is 15.9 Å². The second kappa shape index (κ2) is 3.61. The Morgan fingerprint density at radius 2 is 1.91 bits per heavy atom. The van der Waals surface area contributed by atoms with Crippen LogP contribution in [0.15, 0.2) is 12.1 Å². The third kappa shape index (κ3) is 1.78. The van der Waals surface area contributed by atoms with E-state index in [1.54, 1.807) is 0 Å². The maximum atomic E-state index is 13.0. The van der Waals surface area contributed by atoms with Crippen LogP contribution in [-0.4, -0.2) is 0 Å². The summed E-state index contributed by atoms with van der Waals surface area (Å²) in [6.45, 7) is 0. The van der Waals surface area contributed by atoms with Crippen molar-refractivity contribution in [2.45, 2.75) is 5.88 Å². The maximum absolute atomic E-state index is 13.0. The topological polar surface area (TPSA) is 0 Å². The molecule has 0 fully saturated rings. The van der Waals surface area contributed by atoms with Gasteiger partial charge in [0.1, 0.15) is 5.82 Å². The Labute approximate surface area is 78.9 Å². The van der Waals surface area contributed by atoms with Crippen LogP contribution in [0.1, 0.15) is 5.56 Å². The molecular weight excluding hydrogens is 209 g/mol. The standard InChI is InChI=1S/C7H4Cl3F/c8-3-4-1-2-5(9)6(10)7(4)11/h1-2H,3H2. The molecule has 1 rings (SSSR count). The van der Waals surface area contributed by atoms with Crippen molar-refractivity contribution in [3.63, 3.8) is 0 Å². The molecule has 0 unspecified atom stereocenters. The quantitative estimate of drug-likeness (QED) is 0.491. The van der Waals surface area contributed by atoms with Gasteiger partial charge in [0, 0.05) is 5.56 Å². The predicted molar refractivity (Wildman–Crippen MR) is 46.0 cm³/mol. The molecule has 60 valence electrons. The highest BCUT2D eigenvalue weighted by molar-refractivity contribution is 6.42. The lowest BCUT2D eigenvalue weighted by Crippen LogP contribution is -1.87. The van der Waals surface area contributed by atoms with Crippen molar-refractivity contribution in [2.24, 2.45) is 0 Å². The van der Waals surface area contributed by atoms with Gasteiger partial charge in [-0.2, -0.15) is 0 Å². The SMILES string of the molecule is Fc1c(CCl)ccc(Cl)c1Cl. The van der Waals surface area contributed by atoms with Gasteiger partial charge < -0.3 is 0 Å². The first-order valence-electron chi connectivity index (χ1n) is 2.85. The van der Waals surface area contributed by atoms with Gasteiger partial charge in [-0.15, -0.1) is 11.6 Å². The van der Waals surface area contributed by atoms with Gasteiger partial charge >= 0.3 is 0 Å². The first kappa shape index (κ1) is 9.11. The van der Waals surface area contributed by atoms with Crippen LogP contribution in [0, 0.1) is 5.82 Å². The first-order chi connectivity index (χ1) is 5.16. The molecule has 0 saturated heterocycles. The fourth-order valence-electron chi connectivity index (χ4n) is 0.669. The summed E-state index contributed by atoms with van der Waals surface area (Å²) in [6, 6.07) is 3.03. The van der Waals surface area contributed by atoms with Crippen LogP contribution in [0.5, 0.6) is 0 Å². The van der Waals surface area contributed by atoms with Gasteiger partial charge in [-0.25, -0.2) is 4.39 Å². The van der Waals surface area contributed by atoms with E-state index < -0.39 is 5.82 Å². The number of alkyl halides is 1. The van der Waals surface area contributed by atoms with E-state index in [2.05, 4.69) is 0 Å². The Hall–Kier alpha value is 0.0200. The van der Waals surface area contributed by atoms with Gasteiger partial charge in [-0.1, -0.05) is 29.3 Å². The monoisotopic (exact) mass is 212 g/mol. The molecule has 0 amide bonds. The van der Waals surface area contributed by atoms with Crippen LogP contribution >= 0.6 is 34.8 Å². The van der Waals surface area contributed by atoms with Gasteiger partial charge in [0.2, 0.25) is 0 Å². The average molecular weight is 213 g/mol. The maximum Gasteiger partial charge on any atom is 0.147 e. The zero-order valence-corrected chi connectivity index (χ0v) is 7.64. The summed E-state index contributed by atoms with van der Waals surface area (Å²) in [5.41, 5.74) is 0.362. The molecule has 1 aromatic carbocycles. The number of halogens is 4. The molecule has 0 aliphatic heterocycles. The van der Waals surface area contributed by atoms with E-state index in [0.717, 1.165) is 0 Å². The van der Waals surface area contributed by atoms with Crippen LogP contribution in [0.4, 0.5) is 4.39 Å². The fraction of sp³-hybridized carbons (Fsp3) is 0.143. The molecule has 0 aliphatic rings. The molecule has 0 N–H and O–H groups in total. The minimum Gasteiger partial charge on any atom is -0.205 e. The molecule has 4 heteroatoms. The van der Waals surface area contributed by atoms with Gasteiger partial charge in [0.05, 0.1) is 15.9 Å². The van der Waals surface area contributed by atoms with Crippen LogP contribution in [0.3, 0.4) is 0 Å². The third-order valence-corrected chi connectivity index (χ3v) is 2.33. The van der Waals surface area contributed by atoms with E-state index in [9.17, 15) is 4.39 Å². The van der Waals surface area contributed by atoms with Gasteiger partial charge in [-0.3, -0.25) is 0 Å². The largest absolute Gasteiger partial charge is 0.205 e. The van der Waals surface area contributed by atoms with Crippen molar-refractivity contribution >= 4 is 34.8 Å². The summed E-state index contributed by atoms with van der Waals surface area (Å²) in [4.78, 5) is 0. The Kier molecular flexibility index (Phi) is 2.99. The molecule has 0 nitrogen and oxygen atoms in total. The summed E-state index contributed by atoms with van der Waals surface area (Å²) in [6.07, 6.45) is 0. The van der Waals surface area contributed by atoms with Gasteiger partial charge in [0.25, 0.3) is 0 Å². The fourth-order valence-corrected chi connectivity index (χ4v) is 1.21. The average Bonchev–Trinajstić information content (AvgIpc) is 2.01. The second-order valence-corrected chi connectivity index (χ2v) is 3.02.